The molecule has 2 nitrogen and oxygen atoms in total. The predicted molar refractivity (Wildman–Crippen MR) is 102 cm³/mol. The summed E-state index contributed by atoms with van der Waals surface area (Å²) in [6, 6.07) is 18.8. The van der Waals surface area contributed by atoms with Crippen molar-refractivity contribution in [2.75, 3.05) is 18.5 Å². The summed E-state index contributed by atoms with van der Waals surface area (Å²) in [5, 5.41) is 5.59. The maximum atomic E-state index is 12.8. The number of hydrogen-bond donors (Lipinski definition) is 1. The van der Waals surface area contributed by atoms with Crippen LogP contribution >= 0.6 is 22.6 Å². The summed E-state index contributed by atoms with van der Waals surface area (Å²) < 4.78 is 20.0. The maximum absolute atomic E-state index is 12.8. The Morgan fingerprint density at radius 2 is 1.83 bits per heavy atom. The van der Waals surface area contributed by atoms with E-state index in [2.05, 4.69) is 52.2 Å². The van der Waals surface area contributed by atoms with E-state index < -0.39 is 0 Å². The summed E-state index contributed by atoms with van der Waals surface area (Å²) in [4.78, 5) is 0. The molecule has 0 bridgehead atoms. The van der Waals surface area contributed by atoms with Gasteiger partial charge in [-0.05, 0) is 82.9 Å². The van der Waals surface area contributed by atoms with Crippen LogP contribution in [0.15, 0.2) is 60.7 Å². The Balaban J connectivity index is 1.52. The van der Waals surface area contributed by atoms with Crippen LogP contribution in [0.2, 0.25) is 0 Å². The molecule has 0 radical (unpaired) electrons. The Kier molecular flexibility index (Phi) is 5.33. The van der Waals surface area contributed by atoms with Crippen LogP contribution in [0, 0.1) is 9.39 Å². The minimum absolute atomic E-state index is 0.218. The van der Waals surface area contributed by atoms with Gasteiger partial charge < -0.3 is 10.1 Å². The molecule has 3 aromatic carbocycles. The highest BCUT2D eigenvalue weighted by atomic mass is 127. The summed E-state index contributed by atoms with van der Waals surface area (Å²) in [7, 11) is 0. The summed E-state index contributed by atoms with van der Waals surface area (Å²) in [6.07, 6.45) is 0.873. The average molecular weight is 421 g/mol. The summed E-state index contributed by atoms with van der Waals surface area (Å²) >= 11 is 2.31. The molecule has 3 aromatic rings. The first-order chi connectivity index (χ1) is 11.2. The average Bonchev–Trinajstić information content (AvgIpc) is 2.56. The van der Waals surface area contributed by atoms with E-state index in [0.717, 1.165) is 29.8 Å². The number of rotatable bonds is 6. The predicted octanol–water partition coefficient (Wildman–Crippen LogP) is 5.46. The SMILES string of the molecule is Fc1ccc(NCCCOc2cccc3cc(I)ccc23)cc1. The minimum Gasteiger partial charge on any atom is -0.493 e. The third kappa shape index (κ3) is 4.34. The maximum Gasteiger partial charge on any atom is 0.127 e. The van der Waals surface area contributed by atoms with E-state index in [1.165, 1.54) is 21.1 Å². The van der Waals surface area contributed by atoms with Gasteiger partial charge in [0.05, 0.1) is 6.61 Å². The number of halogens is 2. The van der Waals surface area contributed by atoms with Crippen LogP contribution in [0.1, 0.15) is 6.42 Å². The Bertz CT molecular complexity index is 789. The molecular weight excluding hydrogens is 404 g/mol. The fourth-order valence-corrected chi connectivity index (χ4v) is 2.92. The van der Waals surface area contributed by atoms with Crippen LogP contribution in [-0.2, 0) is 0 Å². The Hall–Kier alpha value is -1.82. The molecule has 0 fully saturated rings. The third-order valence-electron chi connectivity index (χ3n) is 3.55. The van der Waals surface area contributed by atoms with Gasteiger partial charge in [0.1, 0.15) is 11.6 Å². The molecule has 0 saturated heterocycles. The first-order valence-electron chi connectivity index (χ1n) is 7.53. The lowest BCUT2D eigenvalue weighted by Crippen LogP contribution is -2.07. The Morgan fingerprint density at radius 1 is 1.00 bits per heavy atom. The van der Waals surface area contributed by atoms with Gasteiger partial charge in [-0.15, -0.1) is 0 Å². The zero-order valence-electron chi connectivity index (χ0n) is 12.6. The van der Waals surface area contributed by atoms with Gasteiger partial charge in [0, 0.05) is 21.2 Å². The second-order valence-electron chi connectivity index (χ2n) is 5.26. The van der Waals surface area contributed by atoms with E-state index in [4.69, 9.17) is 4.74 Å². The normalized spacial score (nSPS) is 10.7. The molecule has 0 aliphatic rings. The monoisotopic (exact) mass is 421 g/mol. The van der Waals surface area contributed by atoms with Gasteiger partial charge in [-0.25, -0.2) is 4.39 Å². The van der Waals surface area contributed by atoms with Gasteiger partial charge >= 0.3 is 0 Å². The van der Waals surface area contributed by atoms with Gasteiger partial charge in [-0.3, -0.25) is 0 Å². The number of ether oxygens (including phenoxy) is 1. The van der Waals surface area contributed by atoms with E-state index in [1.807, 2.05) is 12.1 Å². The van der Waals surface area contributed by atoms with E-state index >= 15 is 0 Å². The van der Waals surface area contributed by atoms with Gasteiger partial charge in [-0.1, -0.05) is 12.1 Å². The van der Waals surface area contributed by atoms with Gasteiger partial charge in [0.15, 0.2) is 0 Å². The molecule has 0 amide bonds. The molecule has 0 aliphatic heterocycles. The lowest BCUT2D eigenvalue weighted by Gasteiger charge is -2.10. The van der Waals surface area contributed by atoms with Gasteiger partial charge in [-0.2, -0.15) is 0 Å². The van der Waals surface area contributed by atoms with Crippen molar-refractivity contribution in [3.05, 3.63) is 70.1 Å². The molecule has 3 rings (SSSR count). The number of anilines is 1. The second-order valence-corrected chi connectivity index (χ2v) is 6.50. The fourth-order valence-electron chi connectivity index (χ4n) is 2.41. The smallest absolute Gasteiger partial charge is 0.127 e. The zero-order valence-corrected chi connectivity index (χ0v) is 14.7. The molecule has 1 N–H and O–H groups in total. The summed E-state index contributed by atoms with van der Waals surface area (Å²) in [5.74, 6) is 0.699. The number of nitrogens with one attached hydrogen (secondary N) is 1. The van der Waals surface area contributed by atoms with Crippen molar-refractivity contribution < 1.29 is 9.13 Å². The first-order valence-corrected chi connectivity index (χ1v) is 8.61. The van der Waals surface area contributed by atoms with E-state index in [0.29, 0.717) is 6.61 Å². The van der Waals surface area contributed by atoms with Gasteiger partial charge in [0.2, 0.25) is 0 Å². The molecule has 0 heterocycles. The second kappa shape index (κ2) is 7.64. The lowest BCUT2D eigenvalue weighted by atomic mass is 10.1. The number of benzene rings is 3. The molecule has 0 saturated carbocycles. The largest absolute Gasteiger partial charge is 0.493 e. The summed E-state index contributed by atoms with van der Waals surface area (Å²) in [6.45, 7) is 1.42. The molecule has 0 unspecified atom stereocenters. The summed E-state index contributed by atoms with van der Waals surface area (Å²) in [5.41, 5.74) is 0.922. The van der Waals surface area contributed by atoms with Crippen molar-refractivity contribution in [1.82, 2.24) is 0 Å². The minimum atomic E-state index is -0.218. The van der Waals surface area contributed by atoms with Crippen molar-refractivity contribution >= 4 is 39.1 Å². The quantitative estimate of drug-likeness (QED) is 0.422. The third-order valence-corrected chi connectivity index (χ3v) is 4.23. The molecule has 0 aromatic heterocycles. The van der Waals surface area contributed by atoms with Crippen molar-refractivity contribution in [1.29, 1.82) is 0 Å². The van der Waals surface area contributed by atoms with E-state index in [-0.39, 0.29) is 5.82 Å². The first kappa shape index (κ1) is 16.1. The lowest BCUT2D eigenvalue weighted by molar-refractivity contribution is 0.318. The standard InChI is InChI=1S/C19H17FINO/c20-15-5-8-17(9-6-15)22-11-2-12-23-19-4-1-3-14-13-16(21)7-10-18(14)19/h1,3-10,13,22H,2,11-12H2. The van der Waals surface area contributed by atoms with Crippen LogP contribution < -0.4 is 10.1 Å². The molecular formula is C19H17FINO. The topological polar surface area (TPSA) is 21.3 Å². The Labute approximate surface area is 148 Å². The molecule has 118 valence electrons. The van der Waals surface area contributed by atoms with Crippen LogP contribution in [0.3, 0.4) is 0 Å². The fraction of sp³-hybridized carbons (Fsp3) is 0.158. The van der Waals surface area contributed by atoms with E-state index in [1.54, 1.807) is 12.1 Å². The van der Waals surface area contributed by atoms with Crippen LogP contribution in [-0.4, -0.2) is 13.2 Å². The van der Waals surface area contributed by atoms with Crippen molar-refractivity contribution in [2.45, 2.75) is 6.42 Å². The van der Waals surface area contributed by atoms with Crippen LogP contribution in [0.5, 0.6) is 5.75 Å². The Morgan fingerprint density at radius 3 is 2.65 bits per heavy atom. The van der Waals surface area contributed by atoms with Gasteiger partial charge in [0.25, 0.3) is 0 Å². The molecule has 0 spiro atoms. The van der Waals surface area contributed by atoms with Crippen LogP contribution in [0.4, 0.5) is 10.1 Å². The number of fused-ring (bicyclic) bond motifs is 1. The van der Waals surface area contributed by atoms with Crippen molar-refractivity contribution in [2.24, 2.45) is 0 Å². The molecule has 0 atom stereocenters. The van der Waals surface area contributed by atoms with Crippen molar-refractivity contribution in [3.8, 4) is 5.75 Å². The molecule has 23 heavy (non-hydrogen) atoms. The molecule has 0 aliphatic carbocycles. The highest BCUT2D eigenvalue weighted by molar-refractivity contribution is 14.1. The highest BCUT2D eigenvalue weighted by Gasteiger charge is 2.02. The number of hydrogen-bond acceptors (Lipinski definition) is 2. The molecule has 4 heteroatoms. The van der Waals surface area contributed by atoms with E-state index in [9.17, 15) is 4.39 Å². The zero-order chi connectivity index (χ0) is 16.1. The van der Waals surface area contributed by atoms with Crippen LogP contribution in [0.25, 0.3) is 10.8 Å². The highest BCUT2D eigenvalue weighted by Crippen LogP contribution is 2.27. The van der Waals surface area contributed by atoms with Crippen molar-refractivity contribution in [3.63, 3.8) is 0 Å².